The molecule has 0 radical (unpaired) electrons. The van der Waals surface area contributed by atoms with Gasteiger partial charge < -0.3 is 5.32 Å². The summed E-state index contributed by atoms with van der Waals surface area (Å²) in [5.74, 6) is -0.413. The highest BCUT2D eigenvalue weighted by Gasteiger charge is 2.28. The standard InChI is InChI=1S/C17H12ClN3O2S2/c1-21-16(23)13(25-17(21)24)9-10-4-6-11(7-5-10)15(22)20-12-3-2-8-19-14(12)18/h2-9H,1H3,(H,20,22). The first-order valence-electron chi connectivity index (χ1n) is 7.19. The van der Waals surface area contributed by atoms with Crippen LogP contribution in [0.25, 0.3) is 6.08 Å². The highest BCUT2D eigenvalue weighted by molar-refractivity contribution is 8.26. The molecule has 1 N–H and O–H groups in total. The number of aromatic nitrogens is 1. The van der Waals surface area contributed by atoms with E-state index in [9.17, 15) is 9.59 Å². The van der Waals surface area contributed by atoms with Crippen LogP contribution in [-0.2, 0) is 4.79 Å². The molecule has 2 amide bonds. The lowest BCUT2D eigenvalue weighted by Gasteiger charge is -2.06. The molecule has 126 valence electrons. The summed E-state index contributed by atoms with van der Waals surface area (Å²) in [6, 6.07) is 10.3. The number of benzene rings is 1. The molecule has 0 saturated carbocycles. The van der Waals surface area contributed by atoms with E-state index in [1.165, 1.54) is 16.7 Å². The summed E-state index contributed by atoms with van der Waals surface area (Å²) in [6.07, 6.45) is 3.30. The number of hydrogen-bond acceptors (Lipinski definition) is 5. The topological polar surface area (TPSA) is 62.3 Å². The predicted molar refractivity (Wildman–Crippen MR) is 105 cm³/mol. The van der Waals surface area contributed by atoms with Crippen molar-refractivity contribution in [3.05, 3.63) is 63.8 Å². The third-order valence-corrected chi connectivity index (χ3v) is 5.25. The molecule has 5 nitrogen and oxygen atoms in total. The fourth-order valence-corrected chi connectivity index (χ4v) is 3.45. The van der Waals surface area contributed by atoms with Gasteiger partial charge in [0.15, 0.2) is 5.15 Å². The van der Waals surface area contributed by atoms with E-state index < -0.39 is 0 Å². The summed E-state index contributed by atoms with van der Waals surface area (Å²) >= 11 is 12.3. The fourth-order valence-electron chi connectivity index (χ4n) is 2.10. The summed E-state index contributed by atoms with van der Waals surface area (Å²) < 4.78 is 0.528. The van der Waals surface area contributed by atoms with E-state index in [1.54, 1.807) is 55.7 Å². The van der Waals surface area contributed by atoms with Gasteiger partial charge in [-0.05, 0) is 35.9 Å². The number of carbonyl (C=O) groups is 2. The molecule has 2 heterocycles. The molecular formula is C17H12ClN3O2S2. The molecule has 1 aromatic carbocycles. The SMILES string of the molecule is CN1C(=O)C(=Cc2ccc(C(=O)Nc3cccnc3Cl)cc2)SC1=S. The van der Waals surface area contributed by atoms with Gasteiger partial charge in [-0.25, -0.2) is 4.98 Å². The highest BCUT2D eigenvalue weighted by Crippen LogP contribution is 2.31. The van der Waals surface area contributed by atoms with Crippen LogP contribution in [0.2, 0.25) is 5.15 Å². The van der Waals surface area contributed by atoms with Gasteiger partial charge in [-0.15, -0.1) is 0 Å². The monoisotopic (exact) mass is 389 g/mol. The van der Waals surface area contributed by atoms with Crippen molar-refractivity contribution in [3.63, 3.8) is 0 Å². The van der Waals surface area contributed by atoms with Crippen LogP contribution in [0.3, 0.4) is 0 Å². The molecule has 1 aliphatic rings. The third-order valence-electron chi connectivity index (χ3n) is 3.46. The van der Waals surface area contributed by atoms with Crippen LogP contribution in [0.5, 0.6) is 0 Å². The number of rotatable bonds is 3. The van der Waals surface area contributed by atoms with Gasteiger partial charge in [-0.1, -0.05) is 47.7 Å². The van der Waals surface area contributed by atoms with Gasteiger partial charge in [0.2, 0.25) is 0 Å². The molecule has 2 aromatic rings. The lowest BCUT2D eigenvalue weighted by molar-refractivity contribution is -0.121. The normalized spacial score (nSPS) is 15.8. The molecule has 0 aliphatic carbocycles. The van der Waals surface area contributed by atoms with Gasteiger partial charge in [0, 0.05) is 18.8 Å². The Hall–Kier alpha value is -2.22. The van der Waals surface area contributed by atoms with Crippen molar-refractivity contribution in [3.8, 4) is 0 Å². The largest absolute Gasteiger partial charge is 0.319 e. The van der Waals surface area contributed by atoms with Crippen LogP contribution in [0.4, 0.5) is 5.69 Å². The zero-order valence-corrected chi connectivity index (χ0v) is 15.4. The van der Waals surface area contributed by atoms with E-state index in [0.717, 1.165) is 5.56 Å². The fraction of sp³-hybridized carbons (Fsp3) is 0.0588. The molecule has 1 fully saturated rings. The zero-order valence-electron chi connectivity index (χ0n) is 13.0. The summed E-state index contributed by atoms with van der Waals surface area (Å²) in [4.78, 5) is 30.2. The van der Waals surface area contributed by atoms with Gasteiger partial charge >= 0.3 is 0 Å². The number of nitrogens with one attached hydrogen (secondary N) is 1. The Bertz CT molecular complexity index is 897. The van der Waals surface area contributed by atoms with E-state index in [4.69, 9.17) is 23.8 Å². The van der Waals surface area contributed by atoms with E-state index in [1.807, 2.05) is 0 Å². The Balaban J connectivity index is 1.74. The van der Waals surface area contributed by atoms with E-state index in [-0.39, 0.29) is 17.0 Å². The molecular weight excluding hydrogens is 378 g/mol. The predicted octanol–water partition coefficient (Wildman–Crippen LogP) is 3.82. The minimum Gasteiger partial charge on any atom is -0.319 e. The average Bonchev–Trinajstić information content (AvgIpc) is 2.84. The van der Waals surface area contributed by atoms with E-state index >= 15 is 0 Å². The average molecular weight is 390 g/mol. The molecule has 25 heavy (non-hydrogen) atoms. The lowest BCUT2D eigenvalue weighted by Crippen LogP contribution is -2.22. The maximum atomic E-state index is 12.3. The molecule has 0 unspecified atom stereocenters. The zero-order chi connectivity index (χ0) is 18.0. The second-order valence-electron chi connectivity index (χ2n) is 5.16. The lowest BCUT2D eigenvalue weighted by atomic mass is 10.1. The van der Waals surface area contributed by atoms with Crippen LogP contribution >= 0.6 is 35.6 Å². The summed E-state index contributed by atoms with van der Waals surface area (Å²) in [6.45, 7) is 0. The van der Waals surface area contributed by atoms with Gasteiger partial charge in [-0.3, -0.25) is 14.5 Å². The number of likely N-dealkylation sites (N-methyl/N-ethyl adjacent to an activating group) is 1. The number of carbonyl (C=O) groups excluding carboxylic acids is 2. The quantitative estimate of drug-likeness (QED) is 0.491. The van der Waals surface area contributed by atoms with Crippen LogP contribution in [0, 0.1) is 0 Å². The van der Waals surface area contributed by atoms with E-state index in [0.29, 0.717) is 20.5 Å². The molecule has 1 saturated heterocycles. The maximum absolute atomic E-state index is 12.3. The molecule has 1 aromatic heterocycles. The summed E-state index contributed by atoms with van der Waals surface area (Å²) in [7, 11) is 1.65. The van der Waals surface area contributed by atoms with Crippen molar-refractivity contribution in [1.29, 1.82) is 0 Å². The van der Waals surface area contributed by atoms with Crippen molar-refractivity contribution in [2.24, 2.45) is 0 Å². The van der Waals surface area contributed by atoms with Crippen LogP contribution in [-0.4, -0.2) is 33.1 Å². The number of anilines is 1. The second kappa shape index (κ2) is 7.35. The number of pyridine rings is 1. The molecule has 3 rings (SSSR count). The molecule has 0 bridgehead atoms. The van der Waals surface area contributed by atoms with Crippen LogP contribution in [0.1, 0.15) is 15.9 Å². The number of halogens is 1. The first-order chi connectivity index (χ1) is 12.0. The van der Waals surface area contributed by atoms with Gasteiger partial charge in [0.25, 0.3) is 11.8 Å². The molecule has 0 atom stereocenters. The van der Waals surface area contributed by atoms with Crippen LogP contribution in [0.15, 0.2) is 47.5 Å². The van der Waals surface area contributed by atoms with Gasteiger partial charge in [0.05, 0.1) is 10.6 Å². The van der Waals surface area contributed by atoms with Gasteiger partial charge in [0.1, 0.15) is 4.32 Å². The second-order valence-corrected chi connectivity index (χ2v) is 7.19. The summed E-state index contributed by atoms with van der Waals surface area (Å²) in [5, 5.41) is 2.94. The number of thiocarbonyl (C=S) groups is 1. The molecule has 1 aliphatic heterocycles. The van der Waals surface area contributed by atoms with Crippen LogP contribution < -0.4 is 5.32 Å². The first-order valence-corrected chi connectivity index (χ1v) is 8.79. The molecule has 8 heteroatoms. The number of thioether (sulfide) groups is 1. The number of nitrogens with zero attached hydrogens (tertiary/aromatic N) is 2. The Morgan fingerprint density at radius 1 is 1.32 bits per heavy atom. The highest BCUT2D eigenvalue weighted by atomic mass is 35.5. The smallest absolute Gasteiger partial charge is 0.265 e. The van der Waals surface area contributed by atoms with Crippen molar-refractivity contribution >= 4 is 63.5 Å². The maximum Gasteiger partial charge on any atom is 0.265 e. The van der Waals surface area contributed by atoms with E-state index in [2.05, 4.69) is 10.3 Å². The Labute approximate surface area is 159 Å². The first kappa shape index (κ1) is 17.6. The minimum absolute atomic E-state index is 0.122. The Morgan fingerprint density at radius 2 is 2.04 bits per heavy atom. The number of amides is 2. The Morgan fingerprint density at radius 3 is 2.64 bits per heavy atom. The van der Waals surface area contributed by atoms with Crippen molar-refractivity contribution in [2.45, 2.75) is 0 Å². The van der Waals surface area contributed by atoms with Crippen molar-refractivity contribution < 1.29 is 9.59 Å². The number of hydrogen-bond donors (Lipinski definition) is 1. The molecule has 0 spiro atoms. The van der Waals surface area contributed by atoms with Gasteiger partial charge in [-0.2, -0.15) is 0 Å². The Kier molecular flexibility index (Phi) is 5.17. The minimum atomic E-state index is -0.290. The van der Waals surface area contributed by atoms with Crippen molar-refractivity contribution in [2.75, 3.05) is 12.4 Å². The third kappa shape index (κ3) is 3.89. The summed E-state index contributed by atoms with van der Waals surface area (Å²) in [5.41, 5.74) is 1.73. The van der Waals surface area contributed by atoms with Crippen molar-refractivity contribution in [1.82, 2.24) is 9.88 Å².